The fraction of sp³-hybridized carbons (Fsp3) is 0.467. The van der Waals surface area contributed by atoms with Crippen LogP contribution in [0.1, 0.15) is 24.0 Å². The summed E-state index contributed by atoms with van der Waals surface area (Å²) in [4.78, 5) is 13.7. The number of carbonyl (C=O) groups excluding carboxylic acids is 1. The molecule has 1 aliphatic heterocycles. The van der Waals surface area contributed by atoms with E-state index in [1.165, 1.54) is 11.1 Å². The van der Waals surface area contributed by atoms with Gasteiger partial charge in [0, 0.05) is 19.5 Å². The minimum atomic E-state index is -0.0758. The first kappa shape index (κ1) is 12.6. The molecule has 3 heteroatoms. The molecule has 18 heavy (non-hydrogen) atoms. The number of nitriles is 1. The third-order valence-electron chi connectivity index (χ3n) is 3.49. The van der Waals surface area contributed by atoms with Gasteiger partial charge in [-0.25, -0.2) is 0 Å². The van der Waals surface area contributed by atoms with Crippen molar-refractivity contribution in [3.05, 3.63) is 35.4 Å². The van der Waals surface area contributed by atoms with Gasteiger partial charge in [-0.1, -0.05) is 29.8 Å². The molecule has 0 N–H and O–H groups in total. The van der Waals surface area contributed by atoms with Crippen molar-refractivity contribution in [2.75, 3.05) is 13.1 Å². The average Bonchev–Trinajstić information content (AvgIpc) is 2.39. The van der Waals surface area contributed by atoms with Crippen LogP contribution >= 0.6 is 0 Å². The molecule has 0 spiro atoms. The second-order valence-electron chi connectivity index (χ2n) is 4.94. The number of amides is 1. The molecule has 0 aliphatic carbocycles. The Morgan fingerprint density at radius 1 is 1.39 bits per heavy atom. The number of benzene rings is 1. The molecule has 1 unspecified atom stereocenters. The molecule has 3 nitrogen and oxygen atoms in total. The van der Waals surface area contributed by atoms with Gasteiger partial charge in [-0.15, -0.1) is 0 Å². The van der Waals surface area contributed by atoms with E-state index in [1.807, 2.05) is 4.90 Å². The highest BCUT2D eigenvalue weighted by Crippen LogP contribution is 2.17. The smallest absolute Gasteiger partial charge is 0.223 e. The predicted molar refractivity (Wildman–Crippen MR) is 69.8 cm³/mol. The number of carbonyl (C=O) groups is 1. The lowest BCUT2D eigenvalue weighted by Gasteiger charge is -2.29. The van der Waals surface area contributed by atoms with Crippen molar-refractivity contribution in [3.8, 4) is 6.07 Å². The van der Waals surface area contributed by atoms with Gasteiger partial charge in [-0.05, 0) is 25.3 Å². The van der Waals surface area contributed by atoms with Gasteiger partial charge in [0.1, 0.15) is 0 Å². The Bertz CT molecular complexity index is 458. The molecule has 1 aromatic carbocycles. The van der Waals surface area contributed by atoms with Crippen molar-refractivity contribution in [3.63, 3.8) is 0 Å². The summed E-state index contributed by atoms with van der Waals surface area (Å²) in [7, 11) is 0. The van der Waals surface area contributed by atoms with E-state index in [9.17, 15) is 4.79 Å². The van der Waals surface area contributed by atoms with Crippen LogP contribution in [-0.2, 0) is 11.2 Å². The van der Waals surface area contributed by atoms with Crippen LogP contribution in [-0.4, -0.2) is 23.9 Å². The monoisotopic (exact) mass is 242 g/mol. The zero-order chi connectivity index (χ0) is 13.0. The molecule has 94 valence electrons. The predicted octanol–water partition coefficient (Wildman–Crippen LogP) is 2.30. The summed E-state index contributed by atoms with van der Waals surface area (Å²) in [6, 6.07) is 10.6. The van der Waals surface area contributed by atoms with Crippen molar-refractivity contribution in [1.82, 2.24) is 4.90 Å². The maximum absolute atomic E-state index is 11.8. The zero-order valence-electron chi connectivity index (χ0n) is 10.7. The molecular formula is C15H18N2O. The summed E-state index contributed by atoms with van der Waals surface area (Å²) in [5.74, 6) is 0.0491. The minimum absolute atomic E-state index is 0.0758. The first-order chi connectivity index (χ1) is 8.69. The lowest BCUT2D eigenvalue weighted by Crippen LogP contribution is -2.39. The van der Waals surface area contributed by atoms with E-state index < -0.39 is 0 Å². The summed E-state index contributed by atoms with van der Waals surface area (Å²) in [6.07, 6.45) is 2.10. The van der Waals surface area contributed by atoms with Gasteiger partial charge in [-0.2, -0.15) is 5.26 Å². The molecule has 2 rings (SSSR count). The largest absolute Gasteiger partial charge is 0.342 e. The number of piperidine rings is 1. The fourth-order valence-electron chi connectivity index (χ4n) is 2.24. The van der Waals surface area contributed by atoms with Crippen molar-refractivity contribution in [2.24, 2.45) is 5.92 Å². The Labute approximate surface area is 108 Å². The standard InChI is InChI=1S/C15H18N2O/c1-12-2-4-13(5-3-12)6-8-17-9-7-14(11-16)10-15(17)18/h2-5,14H,6-10H2,1H3. The van der Waals surface area contributed by atoms with Gasteiger partial charge in [0.05, 0.1) is 12.0 Å². The third kappa shape index (κ3) is 3.10. The Hall–Kier alpha value is -1.82. The zero-order valence-corrected chi connectivity index (χ0v) is 10.7. The van der Waals surface area contributed by atoms with Crippen molar-refractivity contribution >= 4 is 5.91 Å². The van der Waals surface area contributed by atoms with E-state index in [4.69, 9.17) is 5.26 Å². The molecule has 0 saturated carbocycles. The Morgan fingerprint density at radius 2 is 2.11 bits per heavy atom. The van der Waals surface area contributed by atoms with Crippen LogP contribution in [0.5, 0.6) is 0 Å². The number of hydrogen-bond donors (Lipinski definition) is 0. The van der Waals surface area contributed by atoms with Crippen LogP contribution in [0.2, 0.25) is 0 Å². The fourth-order valence-corrected chi connectivity index (χ4v) is 2.24. The number of hydrogen-bond acceptors (Lipinski definition) is 2. The van der Waals surface area contributed by atoms with E-state index in [2.05, 4.69) is 37.3 Å². The van der Waals surface area contributed by atoms with Crippen LogP contribution in [0.4, 0.5) is 0 Å². The lowest BCUT2D eigenvalue weighted by molar-refractivity contribution is -0.134. The lowest BCUT2D eigenvalue weighted by atomic mass is 9.97. The van der Waals surface area contributed by atoms with Crippen LogP contribution in [0, 0.1) is 24.2 Å². The molecule has 1 saturated heterocycles. The van der Waals surface area contributed by atoms with E-state index >= 15 is 0 Å². The topological polar surface area (TPSA) is 44.1 Å². The second kappa shape index (κ2) is 5.68. The summed E-state index contributed by atoms with van der Waals surface area (Å²) >= 11 is 0. The van der Waals surface area contributed by atoms with Gasteiger partial charge in [0.15, 0.2) is 0 Å². The van der Waals surface area contributed by atoms with Gasteiger partial charge >= 0.3 is 0 Å². The first-order valence-corrected chi connectivity index (χ1v) is 6.42. The highest BCUT2D eigenvalue weighted by Gasteiger charge is 2.24. The van der Waals surface area contributed by atoms with Gasteiger partial charge in [-0.3, -0.25) is 4.79 Å². The third-order valence-corrected chi connectivity index (χ3v) is 3.49. The first-order valence-electron chi connectivity index (χ1n) is 6.42. The van der Waals surface area contributed by atoms with Crippen LogP contribution in [0.3, 0.4) is 0 Å². The summed E-state index contributed by atoms with van der Waals surface area (Å²) in [5.41, 5.74) is 2.51. The molecule has 0 bridgehead atoms. The minimum Gasteiger partial charge on any atom is -0.342 e. The normalized spacial score (nSPS) is 19.7. The van der Waals surface area contributed by atoms with Gasteiger partial charge in [0.2, 0.25) is 5.91 Å². The molecule has 0 radical (unpaired) electrons. The molecule has 0 aromatic heterocycles. The Balaban J connectivity index is 1.86. The molecule has 1 aliphatic rings. The molecular weight excluding hydrogens is 224 g/mol. The van der Waals surface area contributed by atoms with E-state index in [-0.39, 0.29) is 11.8 Å². The van der Waals surface area contributed by atoms with Crippen molar-refractivity contribution in [2.45, 2.75) is 26.2 Å². The maximum atomic E-state index is 11.8. The quantitative estimate of drug-likeness (QED) is 0.816. The highest BCUT2D eigenvalue weighted by atomic mass is 16.2. The average molecular weight is 242 g/mol. The molecule has 1 aromatic rings. The van der Waals surface area contributed by atoms with E-state index in [1.54, 1.807) is 0 Å². The maximum Gasteiger partial charge on any atom is 0.223 e. The molecule has 1 heterocycles. The van der Waals surface area contributed by atoms with Gasteiger partial charge in [0.25, 0.3) is 0 Å². The Morgan fingerprint density at radius 3 is 2.72 bits per heavy atom. The van der Waals surface area contributed by atoms with E-state index in [0.717, 1.165) is 25.9 Å². The number of aryl methyl sites for hydroxylation is 1. The summed E-state index contributed by atoms with van der Waals surface area (Å²) < 4.78 is 0. The molecule has 1 fully saturated rings. The van der Waals surface area contributed by atoms with Crippen LogP contribution in [0.15, 0.2) is 24.3 Å². The van der Waals surface area contributed by atoms with Crippen LogP contribution in [0.25, 0.3) is 0 Å². The molecule has 1 amide bonds. The summed E-state index contributed by atoms with van der Waals surface area (Å²) in [6.45, 7) is 3.56. The van der Waals surface area contributed by atoms with E-state index in [0.29, 0.717) is 6.42 Å². The Kier molecular flexibility index (Phi) is 3.99. The number of nitrogens with zero attached hydrogens (tertiary/aromatic N) is 2. The number of rotatable bonds is 3. The second-order valence-corrected chi connectivity index (χ2v) is 4.94. The summed E-state index contributed by atoms with van der Waals surface area (Å²) in [5, 5.41) is 8.81. The molecule has 1 atom stereocenters. The number of likely N-dealkylation sites (tertiary alicyclic amines) is 1. The van der Waals surface area contributed by atoms with Gasteiger partial charge < -0.3 is 4.90 Å². The van der Waals surface area contributed by atoms with Crippen molar-refractivity contribution in [1.29, 1.82) is 5.26 Å². The SMILES string of the molecule is Cc1ccc(CCN2CCC(C#N)CC2=O)cc1. The van der Waals surface area contributed by atoms with Crippen LogP contribution < -0.4 is 0 Å². The highest BCUT2D eigenvalue weighted by molar-refractivity contribution is 5.77. The van der Waals surface area contributed by atoms with Crippen molar-refractivity contribution < 1.29 is 4.79 Å².